The minimum Gasteiger partial charge on any atom is -0.508 e. The highest BCUT2D eigenvalue weighted by Crippen LogP contribution is 2.26. The highest BCUT2D eigenvalue weighted by atomic mass is 32.2. The Morgan fingerprint density at radius 1 is 0.583 bits per heavy atom. The average molecular weight is 380 g/mol. The van der Waals surface area contributed by atoms with Crippen molar-refractivity contribution in [3.8, 4) is 23.0 Å². The minimum absolute atomic E-state index is 0.347. The van der Waals surface area contributed by atoms with E-state index in [1.54, 1.807) is 0 Å². The van der Waals surface area contributed by atoms with Crippen molar-refractivity contribution in [1.82, 2.24) is 0 Å². The molecule has 2 rings (SSSR count). The third kappa shape index (κ3) is 5.27. The zero-order valence-electron chi connectivity index (χ0n) is 11.6. The highest BCUT2D eigenvalue weighted by molar-refractivity contribution is 7.86. The molecule has 0 aliphatic carbocycles. The standard InChI is InChI=1S/2C6H6O5S/c2*7-4-1-2-5(8)6(3-4)12(9,10)11/h2*1-3,7-8H,(H,9,10,11). The first-order chi connectivity index (χ1) is 10.8. The van der Waals surface area contributed by atoms with Crippen molar-refractivity contribution < 1.29 is 46.4 Å². The zero-order chi connectivity index (χ0) is 18.7. The van der Waals surface area contributed by atoms with Crippen LogP contribution in [0.5, 0.6) is 23.0 Å². The van der Waals surface area contributed by atoms with Gasteiger partial charge in [0.15, 0.2) is 0 Å². The molecule has 0 fully saturated rings. The Morgan fingerprint density at radius 2 is 0.875 bits per heavy atom. The van der Waals surface area contributed by atoms with Gasteiger partial charge in [-0.25, -0.2) is 0 Å². The average Bonchev–Trinajstić information content (AvgIpc) is 2.42. The molecule has 0 spiro atoms. The third-order valence-electron chi connectivity index (χ3n) is 2.44. The van der Waals surface area contributed by atoms with Crippen molar-refractivity contribution in [1.29, 1.82) is 0 Å². The van der Waals surface area contributed by atoms with Gasteiger partial charge in [-0.15, -0.1) is 0 Å². The van der Waals surface area contributed by atoms with Crippen molar-refractivity contribution in [2.45, 2.75) is 9.79 Å². The minimum atomic E-state index is -4.47. The summed E-state index contributed by atoms with van der Waals surface area (Å²) in [5, 5.41) is 35.5. The maximum atomic E-state index is 10.5. The molecule has 0 bridgehead atoms. The molecule has 0 aliphatic rings. The summed E-state index contributed by atoms with van der Waals surface area (Å²) in [4.78, 5) is -1.41. The van der Waals surface area contributed by atoms with Gasteiger partial charge in [0, 0.05) is 12.1 Å². The highest BCUT2D eigenvalue weighted by Gasteiger charge is 2.16. The normalized spacial score (nSPS) is 11.4. The maximum absolute atomic E-state index is 10.5. The predicted molar refractivity (Wildman–Crippen MR) is 79.2 cm³/mol. The van der Waals surface area contributed by atoms with Crippen LogP contribution < -0.4 is 0 Å². The first kappa shape index (κ1) is 19.5. The largest absolute Gasteiger partial charge is 0.508 e. The molecule has 0 aliphatic heterocycles. The molecule has 6 N–H and O–H groups in total. The first-order valence-electron chi connectivity index (χ1n) is 5.81. The Labute approximate surface area is 136 Å². The molecule has 10 nitrogen and oxygen atoms in total. The lowest BCUT2D eigenvalue weighted by Gasteiger charge is -2.00. The number of aromatic hydroxyl groups is 4. The molecule has 0 heterocycles. The second kappa shape index (κ2) is 6.92. The van der Waals surface area contributed by atoms with Crippen molar-refractivity contribution >= 4 is 20.2 Å². The van der Waals surface area contributed by atoms with Gasteiger partial charge in [0.05, 0.1) is 0 Å². The molecule has 0 radical (unpaired) electrons. The van der Waals surface area contributed by atoms with E-state index in [2.05, 4.69) is 0 Å². The zero-order valence-corrected chi connectivity index (χ0v) is 13.2. The van der Waals surface area contributed by atoms with Crippen molar-refractivity contribution in [2.75, 3.05) is 0 Å². The molecule has 0 aromatic heterocycles. The van der Waals surface area contributed by atoms with Gasteiger partial charge in [-0.3, -0.25) is 9.11 Å². The van der Waals surface area contributed by atoms with Gasteiger partial charge in [-0.1, -0.05) is 0 Å². The quantitative estimate of drug-likeness (QED) is 0.319. The van der Waals surface area contributed by atoms with Gasteiger partial charge in [-0.2, -0.15) is 16.8 Å². The summed E-state index contributed by atoms with van der Waals surface area (Å²) in [6.45, 7) is 0. The van der Waals surface area contributed by atoms with E-state index in [0.717, 1.165) is 36.4 Å². The summed E-state index contributed by atoms with van der Waals surface area (Å²) in [6.07, 6.45) is 0. The molecule has 12 heteroatoms. The molecular formula is C12H12O10S2. The van der Waals surface area contributed by atoms with E-state index in [1.807, 2.05) is 0 Å². The summed E-state index contributed by atoms with van der Waals surface area (Å²) in [5.41, 5.74) is 0. The molecule has 2 aromatic rings. The summed E-state index contributed by atoms with van der Waals surface area (Å²) in [7, 11) is -8.93. The predicted octanol–water partition coefficient (Wildman–Crippen LogP) is 0.689. The van der Waals surface area contributed by atoms with Gasteiger partial charge in [0.2, 0.25) is 0 Å². The second-order valence-corrected chi connectivity index (χ2v) is 7.03. The smallest absolute Gasteiger partial charge is 0.298 e. The monoisotopic (exact) mass is 380 g/mol. The Bertz CT molecular complexity index is 868. The van der Waals surface area contributed by atoms with E-state index in [4.69, 9.17) is 29.5 Å². The molecule has 0 unspecified atom stereocenters. The first-order valence-corrected chi connectivity index (χ1v) is 8.69. The maximum Gasteiger partial charge on any atom is 0.298 e. The molecule has 24 heavy (non-hydrogen) atoms. The fourth-order valence-electron chi connectivity index (χ4n) is 1.42. The molecule has 0 saturated carbocycles. The van der Waals surface area contributed by atoms with Gasteiger partial charge < -0.3 is 20.4 Å². The fraction of sp³-hybridized carbons (Fsp3) is 0. The molecule has 0 atom stereocenters. The third-order valence-corrected chi connectivity index (χ3v) is 4.21. The van der Waals surface area contributed by atoms with Crippen LogP contribution in [0, 0.1) is 0 Å². The molecular weight excluding hydrogens is 368 g/mol. The van der Waals surface area contributed by atoms with Crippen molar-refractivity contribution in [3.63, 3.8) is 0 Å². The van der Waals surface area contributed by atoms with Gasteiger partial charge in [0.25, 0.3) is 20.2 Å². The lowest BCUT2D eigenvalue weighted by atomic mass is 10.3. The number of hydrogen-bond acceptors (Lipinski definition) is 8. The van der Waals surface area contributed by atoms with Crippen LogP contribution in [0.15, 0.2) is 46.2 Å². The summed E-state index contributed by atoms with van der Waals surface area (Å²) in [5.74, 6) is -1.90. The van der Waals surface area contributed by atoms with Crippen LogP contribution in [-0.2, 0) is 20.2 Å². The Morgan fingerprint density at radius 3 is 1.08 bits per heavy atom. The van der Waals surface area contributed by atoms with Crippen LogP contribution in [0.25, 0.3) is 0 Å². The number of hydrogen-bond donors (Lipinski definition) is 6. The van der Waals surface area contributed by atoms with Gasteiger partial charge >= 0.3 is 0 Å². The second-order valence-electron chi connectivity index (χ2n) is 4.25. The van der Waals surface area contributed by atoms with E-state index >= 15 is 0 Å². The lowest BCUT2D eigenvalue weighted by molar-refractivity contribution is 0.432. The van der Waals surface area contributed by atoms with E-state index < -0.39 is 41.5 Å². The summed E-state index contributed by atoms with van der Waals surface area (Å²) < 4.78 is 59.0. The number of phenolic OH excluding ortho intramolecular Hbond substituents is 4. The molecule has 0 amide bonds. The Balaban J connectivity index is 0.000000240. The van der Waals surface area contributed by atoms with Crippen molar-refractivity contribution in [3.05, 3.63) is 36.4 Å². The number of phenols is 4. The molecule has 2 aromatic carbocycles. The Hall–Kier alpha value is -2.54. The van der Waals surface area contributed by atoms with E-state index in [9.17, 15) is 16.8 Å². The SMILES string of the molecule is O=S(=O)(O)c1cc(O)ccc1O.O=S(=O)(O)c1cc(O)ccc1O. The van der Waals surface area contributed by atoms with Crippen LogP contribution in [-0.4, -0.2) is 46.4 Å². The lowest BCUT2D eigenvalue weighted by Crippen LogP contribution is -1.97. The molecule has 132 valence electrons. The molecule has 0 saturated heterocycles. The van der Waals surface area contributed by atoms with Crippen LogP contribution in [0.2, 0.25) is 0 Å². The van der Waals surface area contributed by atoms with Gasteiger partial charge in [0.1, 0.15) is 32.8 Å². The van der Waals surface area contributed by atoms with Gasteiger partial charge in [-0.05, 0) is 24.3 Å². The van der Waals surface area contributed by atoms with E-state index in [1.165, 1.54) is 0 Å². The summed E-state index contributed by atoms with van der Waals surface area (Å²) in [6, 6.07) is 5.65. The van der Waals surface area contributed by atoms with Crippen LogP contribution in [0.3, 0.4) is 0 Å². The summed E-state index contributed by atoms with van der Waals surface area (Å²) >= 11 is 0. The van der Waals surface area contributed by atoms with Crippen LogP contribution in [0.4, 0.5) is 0 Å². The van der Waals surface area contributed by atoms with Crippen molar-refractivity contribution in [2.24, 2.45) is 0 Å². The Kier molecular flexibility index (Phi) is 5.62. The number of rotatable bonds is 2. The number of benzene rings is 2. The topological polar surface area (TPSA) is 190 Å². The van der Waals surface area contributed by atoms with Crippen LogP contribution in [0.1, 0.15) is 0 Å². The van der Waals surface area contributed by atoms with E-state index in [-0.39, 0.29) is 11.5 Å². The fourth-order valence-corrected chi connectivity index (χ4v) is 2.62. The van der Waals surface area contributed by atoms with Crippen LogP contribution >= 0.6 is 0 Å². The van der Waals surface area contributed by atoms with E-state index in [0.29, 0.717) is 0 Å².